The molecule has 0 aromatic heterocycles. The first-order valence-electron chi connectivity index (χ1n) is 6.15. The SMILES string of the molecule is O=C([O-])C(C(=O)OCc1ccccc1)c1ccccc1.[K+]. The van der Waals surface area contributed by atoms with Crippen LogP contribution in [0.5, 0.6) is 0 Å². The Hall–Kier alpha value is -0.984. The summed E-state index contributed by atoms with van der Waals surface area (Å²) in [5, 5.41) is 11.1. The van der Waals surface area contributed by atoms with E-state index < -0.39 is 17.9 Å². The van der Waals surface area contributed by atoms with Crippen molar-refractivity contribution in [1.29, 1.82) is 0 Å². The Morgan fingerprint density at radius 2 is 1.48 bits per heavy atom. The van der Waals surface area contributed by atoms with Gasteiger partial charge in [0.25, 0.3) is 0 Å². The molecule has 0 heterocycles. The van der Waals surface area contributed by atoms with Gasteiger partial charge in [-0.1, -0.05) is 60.7 Å². The van der Waals surface area contributed by atoms with Gasteiger partial charge in [0.2, 0.25) is 0 Å². The molecule has 0 saturated heterocycles. The van der Waals surface area contributed by atoms with Crippen LogP contribution in [0.4, 0.5) is 0 Å². The Labute approximate surface area is 165 Å². The number of esters is 1. The Morgan fingerprint density at radius 1 is 0.952 bits per heavy atom. The molecule has 0 spiro atoms. The van der Waals surface area contributed by atoms with Crippen LogP contribution in [0.25, 0.3) is 0 Å². The predicted molar refractivity (Wildman–Crippen MR) is 70.4 cm³/mol. The third-order valence-corrected chi connectivity index (χ3v) is 2.83. The summed E-state index contributed by atoms with van der Waals surface area (Å²) < 4.78 is 5.05. The molecule has 0 aliphatic carbocycles. The van der Waals surface area contributed by atoms with Crippen molar-refractivity contribution in [2.45, 2.75) is 12.5 Å². The van der Waals surface area contributed by atoms with Gasteiger partial charge in [-0.05, 0) is 11.1 Å². The number of carboxylic acids is 1. The van der Waals surface area contributed by atoms with E-state index in [0.29, 0.717) is 5.56 Å². The van der Waals surface area contributed by atoms with E-state index in [-0.39, 0.29) is 58.0 Å². The van der Waals surface area contributed by atoms with E-state index in [1.54, 1.807) is 42.5 Å². The normalized spacial score (nSPS) is 11.0. The molecule has 0 amide bonds. The van der Waals surface area contributed by atoms with E-state index in [4.69, 9.17) is 4.74 Å². The first-order chi connectivity index (χ1) is 9.68. The van der Waals surface area contributed by atoms with E-state index in [0.717, 1.165) is 5.56 Å². The third kappa shape index (κ3) is 5.37. The third-order valence-electron chi connectivity index (χ3n) is 2.83. The van der Waals surface area contributed by atoms with Gasteiger partial charge < -0.3 is 14.6 Å². The van der Waals surface area contributed by atoms with E-state index in [2.05, 4.69) is 0 Å². The molecule has 0 radical (unpaired) electrons. The minimum absolute atomic E-state index is 0. The maximum absolute atomic E-state index is 11.9. The zero-order valence-corrected chi connectivity index (χ0v) is 14.8. The summed E-state index contributed by atoms with van der Waals surface area (Å²) in [4.78, 5) is 23.1. The number of hydrogen-bond acceptors (Lipinski definition) is 4. The van der Waals surface area contributed by atoms with E-state index in [1.165, 1.54) is 0 Å². The molecule has 21 heavy (non-hydrogen) atoms. The molecular weight excluding hydrogens is 295 g/mol. The minimum atomic E-state index is -1.46. The minimum Gasteiger partial charge on any atom is -0.549 e. The molecule has 0 aliphatic heterocycles. The maximum atomic E-state index is 11.9. The fraction of sp³-hybridized carbons (Fsp3) is 0.125. The van der Waals surface area contributed by atoms with Crippen molar-refractivity contribution < 1.29 is 70.8 Å². The fourth-order valence-corrected chi connectivity index (χ4v) is 1.83. The van der Waals surface area contributed by atoms with Gasteiger partial charge >= 0.3 is 57.4 Å². The largest absolute Gasteiger partial charge is 1.00 e. The summed E-state index contributed by atoms with van der Waals surface area (Å²) in [7, 11) is 0. The second-order valence-corrected chi connectivity index (χ2v) is 4.26. The molecule has 2 rings (SSSR count). The summed E-state index contributed by atoms with van der Waals surface area (Å²) in [5.74, 6) is -3.69. The molecule has 2 aromatic carbocycles. The van der Waals surface area contributed by atoms with Gasteiger partial charge in [-0.25, -0.2) is 0 Å². The van der Waals surface area contributed by atoms with Crippen molar-refractivity contribution in [3.05, 3.63) is 71.8 Å². The van der Waals surface area contributed by atoms with E-state index >= 15 is 0 Å². The van der Waals surface area contributed by atoms with Gasteiger partial charge in [-0.3, -0.25) is 4.79 Å². The van der Waals surface area contributed by atoms with Gasteiger partial charge in [-0.15, -0.1) is 0 Å². The van der Waals surface area contributed by atoms with Gasteiger partial charge in [-0.2, -0.15) is 0 Å². The Balaban J connectivity index is 0.00000220. The maximum Gasteiger partial charge on any atom is 1.00 e. The molecule has 102 valence electrons. The van der Waals surface area contributed by atoms with E-state index in [1.807, 2.05) is 18.2 Å². The number of carboxylic acid groups (broad SMARTS) is 1. The molecule has 1 unspecified atom stereocenters. The van der Waals surface area contributed by atoms with Gasteiger partial charge in [0, 0.05) is 0 Å². The van der Waals surface area contributed by atoms with Crippen LogP contribution in [0.3, 0.4) is 0 Å². The summed E-state index contributed by atoms with van der Waals surface area (Å²) in [6.07, 6.45) is 0. The van der Waals surface area contributed by atoms with Crippen LogP contribution in [-0.2, 0) is 20.9 Å². The molecular formula is C16H13KO4. The van der Waals surface area contributed by atoms with E-state index in [9.17, 15) is 14.7 Å². The van der Waals surface area contributed by atoms with Gasteiger partial charge in [0.1, 0.15) is 12.5 Å². The van der Waals surface area contributed by atoms with Gasteiger partial charge in [0.15, 0.2) is 0 Å². The van der Waals surface area contributed by atoms with Gasteiger partial charge in [0.05, 0.1) is 5.97 Å². The van der Waals surface area contributed by atoms with Crippen LogP contribution in [-0.4, -0.2) is 11.9 Å². The van der Waals surface area contributed by atoms with Crippen LogP contribution in [0.15, 0.2) is 60.7 Å². The molecule has 0 fully saturated rings. The van der Waals surface area contributed by atoms with Crippen molar-refractivity contribution in [3.63, 3.8) is 0 Å². The zero-order valence-electron chi connectivity index (χ0n) is 11.7. The molecule has 0 bridgehead atoms. The van der Waals surface area contributed by atoms with Crippen molar-refractivity contribution in [2.75, 3.05) is 0 Å². The first-order valence-corrected chi connectivity index (χ1v) is 6.15. The Morgan fingerprint density at radius 3 is 2.00 bits per heavy atom. The van der Waals surface area contributed by atoms with Crippen LogP contribution >= 0.6 is 0 Å². The van der Waals surface area contributed by atoms with Crippen LogP contribution in [0.1, 0.15) is 17.0 Å². The molecule has 2 aromatic rings. The monoisotopic (exact) mass is 308 g/mol. The average Bonchev–Trinajstić information content (AvgIpc) is 2.47. The summed E-state index contributed by atoms with van der Waals surface area (Å²) in [5.41, 5.74) is 1.15. The van der Waals surface area contributed by atoms with Crippen LogP contribution < -0.4 is 56.5 Å². The summed E-state index contributed by atoms with van der Waals surface area (Å²) >= 11 is 0. The van der Waals surface area contributed by atoms with Crippen molar-refractivity contribution >= 4 is 11.9 Å². The number of carbonyl (C=O) groups excluding carboxylic acids is 2. The summed E-state index contributed by atoms with van der Waals surface area (Å²) in [6, 6.07) is 17.3. The number of benzene rings is 2. The Bertz CT molecular complexity index is 584. The molecule has 4 nitrogen and oxygen atoms in total. The van der Waals surface area contributed by atoms with Crippen molar-refractivity contribution in [1.82, 2.24) is 0 Å². The molecule has 0 saturated carbocycles. The smallest absolute Gasteiger partial charge is 0.549 e. The topological polar surface area (TPSA) is 66.4 Å². The fourth-order valence-electron chi connectivity index (χ4n) is 1.83. The number of rotatable bonds is 5. The molecule has 0 N–H and O–H groups in total. The quantitative estimate of drug-likeness (QED) is 0.374. The number of hydrogen-bond donors (Lipinski definition) is 0. The Kier molecular flexibility index (Phi) is 7.85. The van der Waals surface area contributed by atoms with Crippen LogP contribution in [0.2, 0.25) is 0 Å². The number of aliphatic carboxylic acids is 1. The van der Waals surface area contributed by atoms with Crippen molar-refractivity contribution in [2.24, 2.45) is 0 Å². The summed E-state index contributed by atoms with van der Waals surface area (Å²) in [6.45, 7) is 0.0380. The molecule has 0 aliphatic rings. The second-order valence-electron chi connectivity index (χ2n) is 4.26. The molecule has 1 atom stereocenters. The molecule has 5 heteroatoms. The number of carbonyl (C=O) groups is 2. The standard InChI is InChI=1S/C16H14O4.K/c17-15(18)14(13-9-5-2-6-10-13)16(19)20-11-12-7-3-1-4-8-12;/h1-10,14H,11H2,(H,17,18);/q;+1/p-1. The number of ether oxygens (including phenoxy) is 1. The predicted octanol–water partition coefficient (Wildman–Crippen LogP) is -1.73. The zero-order chi connectivity index (χ0) is 14.4. The van der Waals surface area contributed by atoms with Crippen LogP contribution in [0, 0.1) is 0 Å². The second kappa shape index (κ2) is 9.12. The average molecular weight is 308 g/mol. The first kappa shape index (κ1) is 18.1. The van der Waals surface area contributed by atoms with Crippen molar-refractivity contribution in [3.8, 4) is 0 Å².